The Bertz CT molecular complexity index is 1080. The van der Waals surface area contributed by atoms with Crippen LogP contribution >= 0.6 is 11.6 Å². The first-order valence-corrected chi connectivity index (χ1v) is 8.58. The highest BCUT2D eigenvalue weighted by Gasteiger charge is 2.15. The largest absolute Gasteiger partial charge is 0.368 e. The summed E-state index contributed by atoms with van der Waals surface area (Å²) in [6.07, 6.45) is 3.16. The van der Waals surface area contributed by atoms with E-state index in [-0.39, 0.29) is 17.9 Å². The molecule has 1 unspecified atom stereocenters. The average molecular weight is 385 g/mol. The fourth-order valence-corrected chi connectivity index (χ4v) is 2.85. The quantitative estimate of drug-likeness (QED) is 0.658. The van der Waals surface area contributed by atoms with Crippen molar-refractivity contribution < 1.29 is 9.59 Å². The van der Waals surface area contributed by atoms with Gasteiger partial charge in [-0.2, -0.15) is 0 Å². The Hall–Kier alpha value is -3.19. The molecule has 0 aliphatic rings. The molecule has 2 amide bonds. The molecule has 0 saturated carbocycles. The number of pyridine rings is 2. The number of benzene rings is 1. The maximum atomic E-state index is 12.7. The third-order valence-corrected chi connectivity index (χ3v) is 4.45. The molecule has 0 aliphatic heterocycles. The molecule has 8 heteroatoms. The summed E-state index contributed by atoms with van der Waals surface area (Å²) in [5.74, 6) is -0.848. The predicted octanol–water partition coefficient (Wildman–Crippen LogP) is 2.28. The molecule has 1 atom stereocenters. The van der Waals surface area contributed by atoms with E-state index in [2.05, 4.69) is 10.3 Å². The van der Waals surface area contributed by atoms with Crippen molar-refractivity contribution in [1.29, 1.82) is 0 Å². The lowest BCUT2D eigenvalue weighted by Crippen LogP contribution is -2.31. The molecule has 0 bridgehead atoms. The van der Waals surface area contributed by atoms with E-state index in [0.29, 0.717) is 21.6 Å². The lowest BCUT2D eigenvalue weighted by molar-refractivity contribution is -0.120. The molecular weight excluding hydrogens is 368 g/mol. The molecule has 7 nitrogen and oxygen atoms in total. The summed E-state index contributed by atoms with van der Waals surface area (Å²) in [4.78, 5) is 40.3. The maximum Gasteiger partial charge on any atom is 0.259 e. The molecule has 2 aromatic heterocycles. The normalized spacial score (nSPS) is 11.9. The summed E-state index contributed by atoms with van der Waals surface area (Å²) in [5.41, 5.74) is 6.17. The van der Waals surface area contributed by atoms with Crippen LogP contribution in [0.15, 0.2) is 53.6 Å². The average Bonchev–Trinajstić information content (AvgIpc) is 2.64. The maximum absolute atomic E-state index is 12.7. The van der Waals surface area contributed by atoms with Crippen molar-refractivity contribution in [3.05, 3.63) is 69.9 Å². The van der Waals surface area contributed by atoms with Crippen molar-refractivity contribution >= 4 is 39.9 Å². The minimum Gasteiger partial charge on any atom is -0.368 e. The lowest BCUT2D eigenvalue weighted by atomic mass is 10.1. The molecule has 0 radical (unpaired) electrons. The van der Waals surface area contributed by atoms with Gasteiger partial charge in [0.05, 0.1) is 6.42 Å². The van der Waals surface area contributed by atoms with E-state index in [4.69, 9.17) is 17.3 Å². The summed E-state index contributed by atoms with van der Waals surface area (Å²) in [5, 5.41) is 4.13. The number of hydrogen-bond acceptors (Lipinski definition) is 4. The number of amides is 2. The van der Waals surface area contributed by atoms with Crippen LogP contribution in [0.2, 0.25) is 5.15 Å². The van der Waals surface area contributed by atoms with Gasteiger partial charge in [-0.1, -0.05) is 23.7 Å². The number of halogens is 1. The summed E-state index contributed by atoms with van der Waals surface area (Å²) in [7, 11) is 0. The van der Waals surface area contributed by atoms with Gasteiger partial charge in [0.15, 0.2) is 0 Å². The summed E-state index contributed by atoms with van der Waals surface area (Å²) in [6.45, 7) is 1.56. The minimum absolute atomic E-state index is 0.121. The van der Waals surface area contributed by atoms with Crippen molar-refractivity contribution in [2.24, 2.45) is 5.73 Å². The van der Waals surface area contributed by atoms with Gasteiger partial charge in [0.25, 0.3) is 5.56 Å². The number of fused-ring (bicyclic) bond motifs is 1. The zero-order valence-electron chi connectivity index (χ0n) is 14.5. The molecule has 138 valence electrons. The topological polar surface area (TPSA) is 107 Å². The van der Waals surface area contributed by atoms with Crippen LogP contribution in [-0.4, -0.2) is 21.4 Å². The molecule has 0 saturated heterocycles. The van der Waals surface area contributed by atoms with Crippen LogP contribution in [0.3, 0.4) is 0 Å². The van der Waals surface area contributed by atoms with E-state index < -0.39 is 11.9 Å². The van der Waals surface area contributed by atoms with Crippen molar-refractivity contribution in [2.75, 3.05) is 5.32 Å². The Morgan fingerprint density at radius 1 is 1.22 bits per heavy atom. The van der Waals surface area contributed by atoms with Gasteiger partial charge in [0, 0.05) is 28.9 Å². The number of rotatable bonds is 5. The number of nitrogens with one attached hydrogen (secondary N) is 1. The lowest BCUT2D eigenvalue weighted by Gasteiger charge is -2.14. The number of carbonyl (C=O) groups is 2. The summed E-state index contributed by atoms with van der Waals surface area (Å²) in [6, 6.07) is 9.27. The zero-order chi connectivity index (χ0) is 19.6. The predicted molar refractivity (Wildman–Crippen MR) is 104 cm³/mol. The Morgan fingerprint density at radius 2 is 2.00 bits per heavy atom. The van der Waals surface area contributed by atoms with Crippen molar-refractivity contribution in [3.63, 3.8) is 0 Å². The summed E-state index contributed by atoms with van der Waals surface area (Å²) < 4.78 is 1.27. The highest BCUT2D eigenvalue weighted by Crippen LogP contribution is 2.22. The second kappa shape index (κ2) is 7.59. The number of nitrogens with zero attached hydrogens (tertiary/aromatic N) is 2. The standard InChI is InChI=1S/C19H17ClN4O3/c1-11(18(21)26)24-8-7-13-14(19(24)27)3-2-4-15(13)23-17(25)9-12-5-6-16(20)22-10-12/h2-8,10-11H,9H2,1H3,(H2,21,26)(H,23,25). The molecule has 3 rings (SSSR count). The van der Waals surface area contributed by atoms with Crippen LogP contribution in [0, 0.1) is 0 Å². The second-order valence-electron chi connectivity index (χ2n) is 6.09. The monoisotopic (exact) mass is 384 g/mol. The number of aromatic nitrogens is 2. The Labute approximate surface area is 159 Å². The smallest absolute Gasteiger partial charge is 0.259 e. The van der Waals surface area contributed by atoms with Crippen molar-refractivity contribution in [3.8, 4) is 0 Å². The van der Waals surface area contributed by atoms with Crippen LogP contribution in [0.5, 0.6) is 0 Å². The van der Waals surface area contributed by atoms with Gasteiger partial charge >= 0.3 is 0 Å². The van der Waals surface area contributed by atoms with Crippen LogP contribution < -0.4 is 16.6 Å². The number of primary amides is 1. The van der Waals surface area contributed by atoms with Gasteiger partial charge in [0.2, 0.25) is 11.8 Å². The number of nitrogens with two attached hydrogens (primary N) is 1. The highest BCUT2D eigenvalue weighted by atomic mass is 35.5. The number of carbonyl (C=O) groups excluding carboxylic acids is 2. The van der Waals surface area contributed by atoms with Crippen LogP contribution in [-0.2, 0) is 16.0 Å². The molecule has 3 aromatic rings. The van der Waals surface area contributed by atoms with Crippen LogP contribution in [0.1, 0.15) is 18.5 Å². The van der Waals surface area contributed by atoms with Gasteiger partial charge in [0.1, 0.15) is 11.2 Å². The fraction of sp³-hybridized carbons (Fsp3) is 0.158. The van der Waals surface area contributed by atoms with E-state index in [1.807, 2.05) is 0 Å². The Kier molecular flexibility index (Phi) is 5.23. The van der Waals surface area contributed by atoms with Gasteiger partial charge in [-0.3, -0.25) is 14.4 Å². The van der Waals surface area contributed by atoms with Gasteiger partial charge in [-0.15, -0.1) is 0 Å². The zero-order valence-corrected chi connectivity index (χ0v) is 15.2. The molecule has 3 N–H and O–H groups in total. The van der Waals surface area contributed by atoms with Gasteiger partial charge in [-0.05, 0) is 36.8 Å². The summed E-state index contributed by atoms with van der Waals surface area (Å²) >= 11 is 5.74. The molecule has 0 fully saturated rings. The Balaban J connectivity index is 1.90. The fourth-order valence-electron chi connectivity index (χ4n) is 2.73. The Morgan fingerprint density at radius 3 is 2.67 bits per heavy atom. The minimum atomic E-state index is -0.766. The molecular formula is C19H17ClN4O3. The van der Waals surface area contributed by atoms with Crippen LogP contribution in [0.4, 0.5) is 5.69 Å². The van der Waals surface area contributed by atoms with E-state index in [1.54, 1.807) is 43.3 Å². The first-order chi connectivity index (χ1) is 12.9. The molecule has 2 heterocycles. The first kappa shape index (κ1) is 18.6. The molecule has 0 spiro atoms. The number of anilines is 1. The molecule has 0 aliphatic carbocycles. The van der Waals surface area contributed by atoms with E-state index in [9.17, 15) is 14.4 Å². The third-order valence-electron chi connectivity index (χ3n) is 4.23. The van der Waals surface area contributed by atoms with Crippen molar-refractivity contribution in [1.82, 2.24) is 9.55 Å². The highest BCUT2D eigenvalue weighted by molar-refractivity contribution is 6.29. The van der Waals surface area contributed by atoms with E-state index >= 15 is 0 Å². The number of hydrogen-bond donors (Lipinski definition) is 2. The van der Waals surface area contributed by atoms with Crippen molar-refractivity contribution in [2.45, 2.75) is 19.4 Å². The van der Waals surface area contributed by atoms with Gasteiger partial charge < -0.3 is 15.6 Å². The molecule has 1 aromatic carbocycles. The SMILES string of the molecule is CC(C(N)=O)n1ccc2c(NC(=O)Cc3ccc(Cl)nc3)cccc2c1=O. The van der Waals surface area contributed by atoms with E-state index in [1.165, 1.54) is 17.0 Å². The molecule has 27 heavy (non-hydrogen) atoms. The second-order valence-corrected chi connectivity index (χ2v) is 6.47. The van der Waals surface area contributed by atoms with Gasteiger partial charge in [-0.25, -0.2) is 4.98 Å². The first-order valence-electron chi connectivity index (χ1n) is 8.20. The van der Waals surface area contributed by atoms with Crippen LogP contribution in [0.25, 0.3) is 10.8 Å². The van der Waals surface area contributed by atoms with E-state index in [0.717, 1.165) is 5.56 Å². The third kappa shape index (κ3) is 3.98.